The molecule has 116 valence electrons. The number of nitrogens with one attached hydrogen (secondary N) is 1. The number of hydrogen-bond donors (Lipinski definition) is 1. The Hall–Kier alpha value is -0.580. The van der Waals surface area contributed by atoms with E-state index in [-0.39, 0.29) is 12.1 Å². The first-order chi connectivity index (χ1) is 9.49. The van der Waals surface area contributed by atoms with Gasteiger partial charge in [0.05, 0.1) is 29.1 Å². The Labute approximate surface area is 127 Å². The lowest BCUT2D eigenvalue weighted by Gasteiger charge is -2.20. The van der Waals surface area contributed by atoms with Crippen LogP contribution in [0.2, 0.25) is 5.02 Å². The van der Waals surface area contributed by atoms with Gasteiger partial charge in [-0.25, -0.2) is 0 Å². The molecule has 0 aromatic carbocycles. The molecule has 1 rings (SSSR count). The Morgan fingerprint density at radius 1 is 1.35 bits per heavy atom. The van der Waals surface area contributed by atoms with E-state index in [0.717, 1.165) is 42.3 Å². The van der Waals surface area contributed by atoms with Gasteiger partial charge in [-0.1, -0.05) is 18.5 Å². The maximum atomic E-state index is 6.38. The molecule has 1 aromatic heterocycles. The molecular weight excluding hydrogens is 274 g/mol. The monoisotopic (exact) mass is 301 g/mol. The summed E-state index contributed by atoms with van der Waals surface area (Å²) >= 11 is 6.38. The predicted octanol–water partition coefficient (Wildman–Crippen LogP) is 3.20. The lowest BCUT2D eigenvalue weighted by Crippen LogP contribution is -2.37. The molecule has 0 saturated heterocycles. The van der Waals surface area contributed by atoms with Crippen LogP contribution in [0.25, 0.3) is 0 Å². The number of aryl methyl sites for hydroxylation is 2. The molecule has 0 amide bonds. The molecule has 1 heterocycles. The molecule has 0 radical (unpaired) electrons. The number of nitrogens with zero attached hydrogens (tertiary/aromatic N) is 2. The van der Waals surface area contributed by atoms with Crippen LogP contribution in [0, 0.1) is 6.92 Å². The van der Waals surface area contributed by atoms with Crippen molar-refractivity contribution in [3.05, 3.63) is 16.4 Å². The van der Waals surface area contributed by atoms with E-state index in [1.807, 2.05) is 11.6 Å². The highest BCUT2D eigenvalue weighted by atomic mass is 35.5. The fourth-order valence-corrected chi connectivity index (χ4v) is 2.36. The van der Waals surface area contributed by atoms with E-state index in [9.17, 15) is 0 Å². The number of halogens is 1. The van der Waals surface area contributed by atoms with Gasteiger partial charge in [0.25, 0.3) is 0 Å². The van der Waals surface area contributed by atoms with Crippen molar-refractivity contribution in [3.8, 4) is 0 Å². The maximum Gasteiger partial charge on any atom is 0.0847 e. The third-order valence-electron chi connectivity index (χ3n) is 3.21. The van der Waals surface area contributed by atoms with E-state index >= 15 is 0 Å². The van der Waals surface area contributed by atoms with E-state index in [1.165, 1.54) is 0 Å². The summed E-state index contributed by atoms with van der Waals surface area (Å²) in [6.45, 7) is 12.9. The molecule has 5 heteroatoms. The number of rotatable bonds is 9. The lowest BCUT2D eigenvalue weighted by molar-refractivity contribution is 0.0609. The highest BCUT2D eigenvalue weighted by molar-refractivity contribution is 6.31. The van der Waals surface area contributed by atoms with Crippen molar-refractivity contribution in [2.24, 2.45) is 0 Å². The predicted molar refractivity (Wildman–Crippen MR) is 84.5 cm³/mol. The standard InChI is InChI=1S/C15H28ClN3O/c1-6-8-17-13(10-20-11(3)4)9-14-15(16)12(5)18-19(14)7-2/h11,13,17H,6-10H2,1-5H3. The van der Waals surface area contributed by atoms with Crippen molar-refractivity contribution < 1.29 is 4.74 Å². The summed E-state index contributed by atoms with van der Waals surface area (Å²) < 4.78 is 7.75. The zero-order valence-electron chi connectivity index (χ0n) is 13.4. The molecule has 0 bridgehead atoms. The third kappa shape index (κ3) is 5.08. The minimum absolute atomic E-state index is 0.245. The minimum atomic E-state index is 0.245. The van der Waals surface area contributed by atoms with Crippen LogP contribution >= 0.6 is 11.6 Å². The van der Waals surface area contributed by atoms with E-state index < -0.39 is 0 Å². The quantitative estimate of drug-likeness (QED) is 0.761. The topological polar surface area (TPSA) is 39.1 Å². The van der Waals surface area contributed by atoms with E-state index in [0.29, 0.717) is 6.61 Å². The molecule has 1 atom stereocenters. The number of aromatic nitrogens is 2. The van der Waals surface area contributed by atoms with Crippen molar-refractivity contribution in [2.45, 2.75) is 66.2 Å². The zero-order valence-corrected chi connectivity index (χ0v) is 14.1. The Kier molecular flexibility index (Phi) is 7.56. The smallest absolute Gasteiger partial charge is 0.0847 e. The molecule has 1 unspecified atom stereocenters. The van der Waals surface area contributed by atoms with Crippen molar-refractivity contribution in [3.63, 3.8) is 0 Å². The fraction of sp³-hybridized carbons (Fsp3) is 0.800. The summed E-state index contributed by atoms with van der Waals surface area (Å²) in [4.78, 5) is 0. The Morgan fingerprint density at radius 2 is 2.05 bits per heavy atom. The van der Waals surface area contributed by atoms with Crippen LogP contribution in [-0.4, -0.2) is 35.1 Å². The van der Waals surface area contributed by atoms with Gasteiger partial charge in [-0.15, -0.1) is 0 Å². The average molecular weight is 302 g/mol. The first-order valence-corrected chi connectivity index (χ1v) is 7.94. The molecule has 4 nitrogen and oxygen atoms in total. The molecule has 0 fully saturated rings. The van der Waals surface area contributed by atoms with Gasteiger partial charge in [0.1, 0.15) is 0 Å². The average Bonchev–Trinajstić information content (AvgIpc) is 2.68. The molecule has 0 aliphatic carbocycles. The number of hydrogen-bond acceptors (Lipinski definition) is 3. The van der Waals surface area contributed by atoms with Crippen molar-refractivity contribution in [2.75, 3.05) is 13.2 Å². The summed E-state index contributed by atoms with van der Waals surface area (Å²) in [6, 6.07) is 0.274. The van der Waals surface area contributed by atoms with Crippen LogP contribution in [0.15, 0.2) is 0 Å². The molecule has 0 saturated carbocycles. The van der Waals surface area contributed by atoms with E-state index in [2.05, 4.69) is 38.1 Å². The molecule has 1 aromatic rings. The van der Waals surface area contributed by atoms with Crippen LogP contribution in [0.5, 0.6) is 0 Å². The molecule has 1 N–H and O–H groups in total. The molecule has 0 spiro atoms. The molecule has 20 heavy (non-hydrogen) atoms. The summed E-state index contributed by atoms with van der Waals surface area (Å²) in [7, 11) is 0. The fourth-order valence-electron chi connectivity index (χ4n) is 2.14. The van der Waals surface area contributed by atoms with Crippen molar-refractivity contribution in [1.82, 2.24) is 15.1 Å². The minimum Gasteiger partial charge on any atom is -0.377 e. The van der Waals surface area contributed by atoms with Gasteiger partial charge >= 0.3 is 0 Å². The summed E-state index contributed by atoms with van der Waals surface area (Å²) in [5.41, 5.74) is 2.01. The van der Waals surface area contributed by atoms with Crippen LogP contribution in [-0.2, 0) is 17.7 Å². The highest BCUT2D eigenvalue weighted by Gasteiger charge is 2.18. The molecular formula is C15H28ClN3O. The van der Waals surface area contributed by atoms with Crippen molar-refractivity contribution >= 4 is 11.6 Å². The van der Waals surface area contributed by atoms with Crippen LogP contribution < -0.4 is 5.32 Å². The van der Waals surface area contributed by atoms with Gasteiger partial charge in [-0.3, -0.25) is 4.68 Å². The Bertz CT molecular complexity index is 404. The second-order valence-electron chi connectivity index (χ2n) is 5.40. The van der Waals surface area contributed by atoms with Gasteiger partial charge in [0, 0.05) is 19.0 Å². The lowest BCUT2D eigenvalue weighted by atomic mass is 10.1. The summed E-state index contributed by atoms with van der Waals surface area (Å²) in [5, 5.41) is 8.80. The highest BCUT2D eigenvalue weighted by Crippen LogP contribution is 2.21. The van der Waals surface area contributed by atoms with Gasteiger partial charge in [0.15, 0.2) is 0 Å². The van der Waals surface area contributed by atoms with E-state index in [4.69, 9.17) is 16.3 Å². The third-order valence-corrected chi connectivity index (χ3v) is 3.70. The zero-order chi connectivity index (χ0) is 15.1. The summed E-state index contributed by atoms with van der Waals surface area (Å²) in [6.07, 6.45) is 2.20. The SMILES string of the molecule is CCCNC(COC(C)C)Cc1c(Cl)c(C)nn1CC. The first-order valence-electron chi connectivity index (χ1n) is 7.56. The Morgan fingerprint density at radius 3 is 2.60 bits per heavy atom. The first kappa shape index (κ1) is 17.5. The van der Waals surface area contributed by atoms with Crippen LogP contribution in [0.1, 0.15) is 45.5 Å². The maximum absolute atomic E-state index is 6.38. The van der Waals surface area contributed by atoms with Gasteiger partial charge in [-0.2, -0.15) is 5.10 Å². The van der Waals surface area contributed by atoms with Crippen LogP contribution in [0.4, 0.5) is 0 Å². The second-order valence-corrected chi connectivity index (χ2v) is 5.78. The number of ether oxygens (including phenoxy) is 1. The largest absolute Gasteiger partial charge is 0.377 e. The van der Waals surface area contributed by atoms with Crippen LogP contribution in [0.3, 0.4) is 0 Å². The van der Waals surface area contributed by atoms with Gasteiger partial charge in [-0.05, 0) is 40.7 Å². The Balaban J connectivity index is 2.77. The van der Waals surface area contributed by atoms with Gasteiger partial charge in [0.2, 0.25) is 0 Å². The van der Waals surface area contributed by atoms with E-state index in [1.54, 1.807) is 0 Å². The molecule has 0 aliphatic rings. The normalized spacial score (nSPS) is 13.2. The van der Waals surface area contributed by atoms with Gasteiger partial charge < -0.3 is 10.1 Å². The summed E-state index contributed by atoms with van der Waals surface area (Å²) in [5.74, 6) is 0. The second kappa shape index (κ2) is 8.65. The van der Waals surface area contributed by atoms with Crippen molar-refractivity contribution in [1.29, 1.82) is 0 Å². The molecule has 0 aliphatic heterocycles.